The summed E-state index contributed by atoms with van der Waals surface area (Å²) < 4.78 is 10.5. The summed E-state index contributed by atoms with van der Waals surface area (Å²) in [5, 5.41) is 9.26. The Kier molecular flexibility index (Phi) is 2.61. The predicted molar refractivity (Wildman–Crippen MR) is 55.7 cm³/mol. The maximum Gasteiger partial charge on any atom is 0.119 e. The van der Waals surface area contributed by atoms with Crippen LogP contribution in [-0.4, -0.2) is 20.3 Å². The molecule has 1 heterocycles. The Bertz CT molecular complexity index is 389. The molecule has 0 radical (unpaired) electrons. The molecule has 3 heteroatoms. The van der Waals surface area contributed by atoms with E-state index in [2.05, 4.69) is 6.07 Å². The molecule has 0 bridgehead atoms. The second-order valence-electron chi connectivity index (χ2n) is 3.73. The van der Waals surface area contributed by atoms with Gasteiger partial charge in [-0.25, -0.2) is 0 Å². The molecular formula is C12H13NO2. The molecule has 1 aromatic rings. The Morgan fingerprint density at radius 2 is 2.40 bits per heavy atom. The van der Waals surface area contributed by atoms with Crippen molar-refractivity contribution in [2.75, 3.05) is 20.3 Å². The Morgan fingerprint density at radius 3 is 3.00 bits per heavy atom. The van der Waals surface area contributed by atoms with Gasteiger partial charge >= 0.3 is 0 Å². The summed E-state index contributed by atoms with van der Waals surface area (Å²) in [6.07, 6.45) is 0.761. The van der Waals surface area contributed by atoms with E-state index in [-0.39, 0.29) is 0 Å². The molecule has 2 rings (SSSR count). The molecule has 0 aliphatic carbocycles. The van der Waals surface area contributed by atoms with E-state index in [4.69, 9.17) is 9.47 Å². The number of hydrogen-bond donors (Lipinski definition) is 0. The molecule has 0 spiro atoms. The van der Waals surface area contributed by atoms with E-state index in [0.29, 0.717) is 13.2 Å². The van der Waals surface area contributed by atoms with Crippen molar-refractivity contribution in [1.82, 2.24) is 0 Å². The van der Waals surface area contributed by atoms with Crippen LogP contribution in [0.2, 0.25) is 0 Å². The van der Waals surface area contributed by atoms with Gasteiger partial charge in [0.15, 0.2) is 0 Å². The summed E-state index contributed by atoms with van der Waals surface area (Å²) in [6.45, 7) is 1.14. The SMILES string of the molecule is COc1cccc(C2(C#N)CCOC2)c1. The molecule has 1 saturated heterocycles. The second kappa shape index (κ2) is 3.92. The average Bonchev–Trinajstić information content (AvgIpc) is 2.79. The van der Waals surface area contributed by atoms with Gasteiger partial charge in [-0.05, 0) is 24.1 Å². The molecular weight excluding hydrogens is 190 g/mol. The summed E-state index contributed by atoms with van der Waals surface area (Å²) >= 11 is 0. The molecule has 3 nitrogen and oxygen atoms in total. The minimum absolute atomic E-state index is 0.478. The quantitative estimate of drug-likeness (QED) is 0.737. The zero-order valence-corrected chi connectivity index (χ0v) is 8.69. The smallest absolute Gasteiger partial charge is 0.119 e. The van der Waals surface area contributed by atoms with Crippen LogP contribution in [0.25, 0.3) is 0 Å². The van der Waals surface area contributed by atoms with Crippen molar-refractivity contribution >= 4 is 0 Å². The third-order valence-electron chi connectivity index (χ3n) is 2.86. The van der Waals surface area contributed by atoms with Crippen molar-refractivity contribution in [3.8, 4) is 11.8 Å². The van der Waals surface area contributed by atoms with Crippen molar-refractivity contribution in [1.29, 1.82) is 5.26 Å². The van der Waals surface area contributed by atoms with Gasteiger partial charge < -0.3 is 9.47 Å². The molecule has 1 unspecified atom stereocenters. The van der Waals surface area contributed by atoms with Crippen LogP contribution in [0, 0.1) is 11.3 Å². The number of rotatable bonds is 2. The fourth-order valence-electron chi connectivity index (χ4n) is 1.87. The van der Waals surface area contributed by atoms with Crippen LogP contribution >= 0.6 is 0 Å². The predicted octanol–water partition coefficient (Wildman–Crippen LogP) is 1.88. The van der Waals surface area contributed by atoms with E-state index < -0.39 is 5.41 Å². The van der Waals surface area contributed by atoms with Gasteiger partial charge in [0.25, 0.3) is 0 Å². The van der Waals surface area contributed by atoms with Gasteiger partial charge in [-0.15, -0.1) is 0 Å². The summed E-state index contributed by atoms with van der Waals surface area (Å²) in [6, 6.07) is 10.0. The van der Waals surface area contributed by atoms with Gasteiger partial charge in [-0.3, -0.25) is 0 Å². The lowest BCUT2D eigenvalue weighted by Crippen LogP contribution is -2.23. The lowest BCUT2D eigenvalue weighted by Gasteiger charge is -2.19. The van der Waals surface area contributed by atoms with E-state index >= 15 is 0 Å². The molecule has 1 aromatic carbocycles. The molecule has 15 heavy (non-hydrogen) atoms. The van der Waals surface area contributed by atoms with Gasteiger partial charge in [-0.1, -0.05) is 12.1 Å². The molecule has 0 saturated carbocycles. The normalized spacial score (nSPS) is 24.8. The lowest BCUT2D eigenvalue weighted by molar-refractivity contribution is 0.186. The van der Waals surface area contributed by atoms with Crippen molar-refractivity contribution in [2.24, 2.45) is 0 Å². The second-order valence-corrected chi connectivity index (χ2v) is 3.73. The van der Waals surface area contributed by atoms with Gasteiger partial charge in [0, 0.05) is 6.61 Å². The van der Waals surface area contributed by atoms with Crippen LogP contribution in [0.5, 0.6) is 5.75 Å². The third kappa shape index (κ3) is 1.69. The Morgan fingerprint density at radius 1 is 1.53 bits per heavy atom. The molecule has 1 fully saturated rings. The average molecular weight is 203 g/mol. The van der Waals surface area contributed by atoms with E-state index in [1.807, 2.05) is 24.3 Å². The summed E-state index contributed by atoms with van der Waals surface area (Å²) in [5.74, 6) is 0.786. The highest BCUT2D eigenvalue weighted by Gasteiger charge is 2.37. The zero-order valence-electron chi connectivity index (χ0n) is 8.69. The zero-order chi connectivity index (χ0) is 10.7. The Labute approximate surface area is 89.2 Å². The monoisotopic (exact) mass is 203 g/mol. The maximum atomic E-state index is 9.26. The molecule has 1 aliphatic heterocycles. The summed E-state index contributed by atoms with van der Waals surface area (Å²) in [7, 11) is 1.63. The number of nitrogens with zero attached hydrogens (tertiary/aromatic N) is 1. The highest BCUT2D eigenvalue weighted by molar-refractivity contribution is 5.39. The Balaban J connectivity index is 2.39. The van der Waals surface area contributed by atoms with Crippen LogP contribution in [0.3, 0.4) is 0 Å². The number of methoxy groups -OCH3 is 1. The van der Waals surface area contributed by atoms with Gasteiger partial charge in [0.05, 0.1) is 19.8 Å². The summed E-state index contributed by atoms with van der Waals surface area (Å²) in [4.78, 5) is 0. The first-order valence-electron chi connectivity index (χ1n) is 4.94. The van der Waals surface area contributed by atoms with Crippen molar-refractivity contribution in [2.45, 2.75) is 11.8 Å². The van der Waals surface area contributed by atoms with Crippen LogP contribution in [0.15, 0.2) is 24.3 Å². The largest absolute Gasteiger partial charge is 0.497 e. The highest BCUT2D eigenvalue weighted by Crippen LogP contribution is 2.33. The van der Waals surface area contributed by atoms with Crippen LogP contribution in [0.4, 0.5) is 0 Å². The van der Waals surface area contributed by atoms with E-state index in [1.165, 1.54) is 0 Å². The van der Waals surface area contributed by atoms with Crippen molar-refractivity contribution < 1.29 is 9.47 Å². The van der Waals surface area contributed by atoms with E-state index in [0.717, 1.165) is 17.7 Å². The number of benzene rings is 1. The van der Waals surface area contributed by atoms with Crippen LogP contribution < -0.4 is 4.74 Å². The minimum Gasteiger partial charge on any atom is -0.497 e. The standard InChI is InChI=1S/C12H13NO2/c1-14-11-4-2-3-10(7-11)12(8-13)5-6-15-9-12/h2-4,7H,5-6,9H2,1H3. The molecule has 1 aliphatic rings. The first-order chi connectivity index (χ1) is 7.30. The molecule has 78 valence electrons. The van der Waals surface area contributed by atoms with Crippen molar-refractivity contribution in [3.63, 3.8) is 0 Å². The number of nitriles is 1. The van der Waals surface area contributed by atoms with Crippen LogP contribution in [0.1, 0.15) is 12.0 Å². The van der Waals surface area contributed by atoms with Gasteiger partial charge in [-0.2, -0.15) is 5.26 Å². The van der Waals surface area contributed by atoms with Gasteiger partial charge in [0.2, 0.25) is 0 Å². The first kappa shape index (κ1) is 10.0. The fourth-order valence-corrected chi connectivity index (χ4v) is 1.87. The summed E-state index contributed by atoms with van der Waals surface area (Å²) in [5.41, 5.74) is 0.510. The topological polar surface area (TPSA) is 42.2 Å². The molecule has 1 atom stereocenters. The third-order valence-corrected chi connectivity index (χ3v) is 2.86. The van der Waals surface area contributed by atoms with Gasteiger partial charge in [0.1, 0.15) is 11.2 Å². The minimum atomic E-state index is -0.478. The first-order valence-corrected chi connectivity index (χ1v) is 4.94. The molecule has 0 amide bonds. The number of hydrogen-bond acceptors (Lipinski definition) is 3. The fraction of sp³-hybridized carbons (Fsp3) is 0.417. The number of ether oxygens (including phenoxy) is 2. The van der Waals surface area contributed by atoms with Crippen LogP contribution in [-0.2, 0) is 10.2 Å². The molecule has 0 aromatic heterocycles. The highest BCUT2D eigenvalue weighted by atomic mass is 16.5. The molecule has 0 N–H and O–H groups in total. The van der Waals surface area contributed by atoms with E-state index in [9.17, 15) is 5.26 Å². The maximum absolute atomic E-state index is 9.26. The Hall–Kier alpha value is -1.53. The van der Waals surface area contributed by atoms with Crippen molar-refractivity contribution in [3.05, 3.63) is 29.8 Å². The lowest BCUT2D eigenvalue weighted by atomic mass is 9.81. The van der Waals surface area contributed by atoms with E-state index in [1.54, 1.807) is 7.11 Å².